The Morgan fingerprint density at radius 2 is 2.04 bits per heavy atom. The van der Waals surface area contributed by atoms with Crippen LogP contribution in [-0.2, 0) is 16.1 Å². The topological polar surface area (TPSA) is 110 Å². The van der Waals surface area contributed by atoms with Crippen molar-refractivity contribution < 1.29 is 14.3 Å². The van der Waals surface area contributed by atoms with Gasteiger partial charge in [0.15, 0.2) is 5.65 Å². The molecule has 1 fully saturated rings. The Hall–Kier alpha value is -2.68. The van der Waals surface area contributed by atoms with Crippen LogP contribution < -0.4 is 16.2 Å². The smallest absolute Gasteiger partial charge is 0.273 e. The highest BCUT2D eigenvalue weighted by molar-refractivity contribution is 6.06. The normalized spacial score (nSPS) is 15.1. The molecule has 25 heavy (non-hydrogen) atoms. The summed E-state index contributed by atoms with van der Waals surface area (Å²) >= 11 is 0. The lowest BCUT2D eigenvalue weighted by molar-refractivity contribution is -0.119. The molecule has 0 aromatic carbocycles. The molecular weight excluding hydrogens is 324 g/mol. The van der Waals surface area contributed by atoms with Crippen LogP contribution in [0.1, 0.15) is 37.0 Å². The Labute approximate surface area is 145 Å². The van der Waals surface area contributed by atoms with Gasteiger partial charge in [0, 0.05) is 38.9 Å². The van der Waals surface area contributed by atoms with Crippen molar-refractivity contribution in [3.05, 3.63) is 18.0 Å². The van der Waals surface area contributed by atoms with E-state index in [1.54, 1.807) is 10.9 Å². The Kier molecular flexibility index (Phi) is 5.13. The fourth-order valence-corrected chi connectivity index (χ4v) is 2.84. The molecule has 1 aliphatic rings. The van der Waals surface area contributed by atoms with Crippen molar-refractivity contribution >= 4 is 28.5 Å². The highest BCUT2D eigenvalue weighted by Gasteiger charge is 2.22. The molecule has 0 unspecified atom stereocenters. The molecule has 0 radical (unpaired) electrons. The predicted octanol–water partition coefficient (Wildman–Crippen LogP) is 0.823. The summed E-state index contributed by atoms with van der Waals surface area (Å²) in [6.45, 7) is 5.37. The van der Waals surface area contributed by atoms with E-state index in [1.807, 2.05) is 6.92 Å². The summed E-state index contributed by atoms with van der Waals surface area (Å²) < 4.78 is 7.17. The third-order valence-corrected chi connectivity index (χ3v) is 4.13. The summed E-state index contributed by atoms with van der Waals surface area (Å²) in [7, 11) is 0. The molecule has 0 atom stereocenters. The number of carbonyl (C=O) groups is 2. The summed E-state index contributed by atoms with van der Waals surface area (Å²) in [4.78, 5) is 27.9. The summed E-state index contributed by atoms with van der Waals surface area (Å²) in [6, 6.07) is 0.205. The van der Waals surface area contributed by atoms with E-state index in [2.05, 4.69) is 26.3 Å². The molecular formula is C16H22N6O3. The Bertz CT molecular complexity index is 782. The van der Waals surface area contributed by atoms with Crippen molar-refractivity contribution in [3.63, 3.8) is 0 Å². The van der Waals surface area contributed by atoms with Crippen LogP contribution in [-0.4, -0.2) is 45.8 Å². The van der Waals surface area contributed by atoms with E-state index in [0.29, 0.717) is 36.7 Å². The number of ether oxygens (including phenoxy) is 1. The maximum absolute atomic E-state index is 12.5. The first-order valence-corrected chi connectivity index (χ1v) is 8.36. The highest BCUT2D eigenvalue weighted by Crippen LogP contribution is 2.28. The number of amides is 2. The van der Waals surface area contributed by atoms with Crippen LogP contribution in [0, 0.1) is 0 Å². The second kappa shape index (κ2) is 7.47. The van der Waals surface area contributed by atoms with Gasteiger partial charge in [-0.2, -0.15) is 5.10 Å². The summed E-state index contributed by atoms with van der Waals surface area (Å²) in [5.41, 5.74) is 6.46. The second-order valence-corrected chi connectivity index (χ2v) is 5.91. The van der Waals surface area contributed by atoms with Gasteiger partial charge in [-0.1, -0.05) is 0 Å². The number of aryl methyl sites for hydroxylation is 1. The molecule has 1 saturated heterocycles. The number of pyridine rings is 1. The average molecular weight is 346 g/mol. The number of rotatable bonds is 4. The molecule has 1 aliphatic heterocycles. The minimum Gasteiger partial charge on any atom is -0.381 e. The Balaban J connectivity index is 1.97. The number of nitrogens with zero attached hydrogens (tertiary/aromatic N) is 3. The first kappa shape index (κ1) is 17.2. The van der Waals surface area contributed by atoms with E-state index in [0.717, 1.165) is 18.2 Å². The van der Waals surface area contributed by atoms with Gasteiger partial charge in [0.1, 0.15) is 0 Å². The lowest BCUT2D eigenvalue weighted by Crippen LogP contribution is -2.41. The van der Waals surface area contributed by atoms with Crippen LogP contribution in [0.25, 0.3) is 11.0 Å². The molecule has 9 heteroatoms. The fraction of sp³-hybridized carbons (Fsp3) is 0.500. The zero-order chi connectivity index (χ0) is 17.8. The van der Waals surface area contributed by atoms with Crippen LogP contribution in [0.5, 0.6) is 0 Å². The molecule has 2 aromatic heterocycles. The first-order chi connectivity index (χ1) is 12.1. The summed E-state index contributed by atoms with van der Waals surface area (Å²) in [6.07, 6.45) is 4.94. The first-order valence-electron chi connectivity index (χ1n) is 8.36. The second-order valence-electron chi connectivity index (χ2n) is 5.91. The monoisotopic (exact) mass is 346 g/mol. The standard InChI is InChI=1S/C16H22N6O3/c1-3-22-15-12(9-18-22)14(19-11-4-6-25-7-5-11)13(8-17-15)16(24)21-20-10(2)23/h8-9,11H,3-7H2,1-2H3,(H,17,19)(H,20,23)(H,21,24). The van der Waals surface area contributed by atoms with Crippen molar-refractivity contribution in [2.75, 3.05) is 18.5 Å². The third kappa shape index (κ3) is 3.71. The summed E-state index contributed by atoms with van der Waals surface area (Å²) in [5.74, 6) is -0.775. The van der Waals surface area contributed by atoms with E-state index < -0.39 is 5.91 Å². The maximum Gasteiger partial charge on any atom is 0.273 e. The Morgan fingerprint density at radius 3 is 2.72 bits per heavy atom. The van der Waals surface area contributed by atoms with E-state index in [9.17, 15) is 9.59 Å². The van der Waals surface area contributed by atoms with Gasteiger partial charge in [-0.05, 0) is 19.8 Å². The van der Waals surface area contributed by atoms with Crippen molar-refractivity contribution in [2.24, 2.45) is 0 Å². The number of aromatic nitrogens is 3. The van der Waals surface area contributed by atoms with Crippen LogP contribution >= 0.6 is 0 Å². The highest BCUT2D eigenvalue weighted by atomic mass is 16.5. The zero-order valence-electron chi connectivity index (χ0n) is 14.3. The lowest BCUT2D eigenvalue weighted by atomic mass is 10.1. The van der Waals surface area contributed by atoms with Crippen molar-refractivity contribution in [1.29, 1.82) is 0 Å². The Morgan fingerprint density at radius 1 is 1.28 bits per heavy atom. The predicted molar refractivity (Wildman–Crippen MR) is 91.9 cm³/mol. The van der Waals surface area contributed by atoms with Crippen molar-refractivity contribution in [3.8, 4) is 0 Å². The molecule has 3 heterocycles. The van der Waals surface area contributed by atoms with Gasteiger partial charge >= 0.3 is 0 Å². The van der Waals surface area contributed by atoms with Crippen LogP contribution in [0.4, 0.5) is 5.69 Å². The van der Waals surface area contributed by atoms with E-state index >= 15 is 0 Å². The number of carbonyl (C=O) groups excluding carboxylic acids is 2. The molecule has 0 bridgehead atoms. The minimum absolute atomic E-state index is 0.205. The van der Waals surface area contributed by atoms with Gasteiger partial charge < -0.3 is 10.1 Å². The number of hydrazine groups is 1. The number of fused-ring (bicyclic) bond motifs is 1. The number of nitrogens with one attached hydrogen (secondary N) is 3. The van der Waals surface area contributed by atoms with E-state index in [4.69, 9.17) is 4.74 Å². The van der Waals surface area contributed by atoms with Crippen LogP contribution in [0.3, 0.4) is 0 Å². The quantitative estimate of drug-likeness (QED) is 0.707. The molecule has 3 N–H and O–H groups in total. The van der Waals surface area contributed by atoms with Gasteiger partial charge in [0.25, 0.3) is 5.91 Å². The van der Waals surface area contributed by atoms with Crippen molar-refractivity contribution in [2.45, 2.75) is 39.3 Å². The number of hydrogen-bond acceptors (Lipinski definition) is 6. The maximum atomic E-state index is 12.5. The van der Waals surface area contributed by atoms with Gasteiger partial charge in [0.05, 0.1) is 22.8 Å². The SMILES string of the molecule is CCn1ncc2c(NC3CCOCC3)c(C(=O)NNC(C)=O)cnc21. The number of anilines is 1. The van der Waals surface area contributed by atoms with Gasteiger partial charge in [-0.25, -0.2) is 9.67 Å². The average Bonchev–Trinajstić information content (AvgIpc) is 3.04. The van der Waals surface area contributed by atoms with Crippen LogP contribution in [0.15, 0.2) is 12.4 Å². The molecule has 3 rings (SSSR count). The van der Waals surface area contributed by atoms with Gasteiger partial charge in [-0.15, -0.1) is 0 Å². The molecule has 0 saturated carbocycles. The third-order valence-electron chi connectivity index (χ3n) is 4.13. The number of hydrogen-bond donors (Lipinski definition) is 3. The van der Waals surface area contributed by atoms with Gasteiger partial charge in [0.2, 0.25) is 5.91 Å². The van der Waals surface area contributed by atoms with E-state index in [-0.39, 0.29) is 11.9 Å². The summed E-state index contributed by atoms with van der Waals surface area (Å²) in [5, 5.41) is 8.56. The van der Waals surface area contributed by atoms with Crippen molar-refractivity contribution in [1.82, 2.24) is 25.6 Å². The molecule has 2 aromatic rings. The molecule has 134 valence electrons. The van der Waals surface area contributed by atoms with Crippen LogP contribution in [0.2, 0.25) is 0 Å². The zero-order valence-corrected chi connectivity index (χ0v) is 14.3. The minimum atomic E-state index is -0.427. The molecule has 0 aliphatic carbocycles. The lowest BCUT2D eigenvalue weighted by Gasteiger charge is -2.25. The molecule has 0 spiro atoms. The van der Waals surface area contributed by atoms with E-state index in [1.165, 1.54) is 13.1 Å². The van der Waals surface area contributed by atoms with Gasteiger partial charge in [-0.3, -0.25) is 20.4 Å². The molecule has 2 amide bonds. The largest absolute Gasteiger partial charge is 0.381 e. The molecule has 9 nitrogen and oxygen atoms in total. The fourth-order valence-electron chi connectivity index (χ4n) is 2.84.